The van der Waals surface area contributed by atoms with Crippen LogP contribution < -0.4 is 19.7 Å². The molecule has 1 unspecified atom stereocenters. The van der Waals surface area contributed by atoms with Crippen molar-refractivity contribution < 1.29 is 19.2 Å². The Balaban J connectivity index is 1.98. The summed E-state index contributed by atoms with van der Waals surface area (Å²) in [4.78, 5) is 26.6. The van der Waals surface area contributed by atoms with E-state index < -0.39 is 11.1 Å². The lowest BCUT2D eigenvalue weighted by molar-refractivity contribution is -0.385. The molecule has 1 amide bonds. The molecule has 1 heterocycles. The molecule has 0 aromatic heterocycles. The molecular weight excluding hydrogens is 398 g/mol. The first kappa shape index (κ1) is 20.2. The highest BCUT2D eigenvalue weighted by Crippen LogP contribution is 2.44. The van der Waals surface area contributed by atoms with Gasteiger partial charge in [-0.2, -0.15) is 0 Å². The Labute approximate surface area is 179 Å². The molecule has 1 N–H and O–H groups in total. The minimum atomic E-state index is -0.830. The van der Waals surface area contributed by atoms with Gasteiger partial charge in [-0.25, -0.2) is 0 Å². The van der Waals surface area contributed by atoms with Crippen LogP contribution in [-0.4, -0.2) is 25.1 Å². The van der Waals surface area contributed by atoms with Gasteiger partial charge >= 0.3 is 0 Å². The molecule has 1 atom stereocenters. The number of carbonyl (C=O) groups is 1. The Hall–Kier alpha value is -4.07. The van der Waals surface area contributed by atoms with Crippen LogP contribution in [0.2, 0.25) is 0 Å². The third-order valence-corrected chi connectivity index (χ3v) is 5.33. The maximum Gasteiger partial charge on any atom is 0.280 e. The molecule has 31 heavy (non-hydrogen) atoms. The number of para-hydroxylation sites is 2. The summed E-state index contributed by atoms with van der Waals surface area (Å²) in [5.41, 5.74) is 2.72. The fourth-order valence-electron chi connectivity index (χ4n) is 3.81. The van der Waals surface area contributed by atoms with E-state index in [1.807, 2.05) is 37.3 Å². The fourth-order valence-corrected chi connectivity index (χ4v) is 3.81. The second-order valence-corrected chi connectivity index (χ2v) is 7.08. The summed E-state index contributed by atoms with van der Waals surface area (Å²) < 4.78 is 10.6. The van der Waals surface area contributed by atoms with Crippen molar-refractivity contribution in [3.63, 3.8) is 0 Å². The second-order valence-electron chi connectivity index (χ2n) is 7.08. The number of nitrogens with one attached hydrogen (secondary N) is 1. The molecule has 158 valence electrons. The zero-order valence-electron chi connectivity index (χ0n) is 17.3. The van der Waals surface area contributed by atoms with E-state index in [1.54, 1.807) is 29.2 Å². The third-order valence-electron chi connectivity index (χ3n) is 5.33. The zero-order valence-corrected chi connectivity index (χ0v) is 17.3. The number of amides is 1. The van der Waals surface area contributed by atoms with E-state index in [1.165, 1.54) is 20.3 Å². The van der Waals surface area contributed by atoms with Gasteiger partial charge in [-0.1, -0.05) is 30.3 Å². The average Bonchev–Trinajstić information content (AvgIpc) is 2.78. The van der Waals surface area contributed by atoms with E-state index in [0.29, 0.717) is 22.7 Å². The number of nitro groups is 1. The molecule has 1 aliphatic heterocycles. The molecular formula is C23H21N3O5. The van der Waals surface area contributed by atoms with Crippen molar-refractivity contribution in [3.8, 4) is 11.5 Å². The summed E-state index contributed by atoms with van der Waals surface area (Å²) in [5.74, 6) is 0.321. The standard InChI is InChI=1S/C23H21N3O5/c1-14-8-4-7-11-18(14)25-22(24-17-10-6-5-9-15(17)23(25)27)16-12-20(30-2)21(31-3)13-19(16)26(28)29/h4-13,22,24H,1-3H3. The van der Waals surface area contributed by atoms with Crippen LogP contribution in [0, 0.1) is 17.0 Å². The van der Waals surface area contributed by atoms with Gasteiger partial charge in [0.05, 0.1) is 36.3 Å². The van der Waals surface area contributed by atoms with Crippen LogP contribution in [0.5, 0.6) is 11.5 Å². The highest BCUT2D eigenvalue weighted by Gasteiger charge is 2.38. The number of benzene rings is 3. The van der Waals surface area contributed by atoms with Gasteiger partial charge < -0.3 is 14.8 Å². The van der Waals surface area contributed by atoms with Crippen molar-refractivity contribution in [1.82, 2.24) is 0 Å². The lowest BCUT2D eigenvalue weighted by Gasteiger charge is -2.38. The molecule has 0 aliphatic carbocycles. The number of ether oxygens (including phenoxy) is 2. The average molecular weight is 419 g/mol. The lowest BCUT2D eigenvalue weighted by Crippen LogP contribution is -2.43. The van der Waals surface area contributed by atoms with Crippen molar-refractivity contribution >= 4 is 23.0 Å². The van der Waals surface area contributed by atoms with Crippen LogP contribution in [0.25, 0.3) is 0 Å². The summed E-state index contributed by atoms with van der Waals surface area (Å²) >= 11 is 0. The van der Waals surface area contributed by atoms with Gasteiger partial charge in [-0.05, 0) is 36.8 Å². The number of fused-ring (bicyclic) bond motifs is 1. The number of methoxy groups -OCH3 is 2. The molecule has 0 saturated carbocycles. The Morgan fingerprint density at radius 2 is 1.65 bits per heavy atom. The minimum absolute atomic E-state index is 0.180. The van der Waals surface area contributed by atoms with Crippen LogP contribution in [0.3, 0.4) is 0 Å². The lowest BCUT2D eigenvalue weighted by atomic mass is 10.00. The minimum Gasteiger partial charge on any atom is -0.493 e. The number of hydrogen-bond acceptors (Lipinski definition) is 6. The first-order valence-corrected chi connectivity index (χ1v) is 9.61. The molecule has 0 saturated heterocycles. The molecule has 0 fully saturated rings. The molecule has 3 aromatic rings. The van der Waals surface area contributed by atoms with E-state index in [2.05, 4.69) is 5.32 Å². The molecule has 4 rings (SSSR count). The first-order chi connectivity index (χ1) is 15.0. The Morgan fingerprint density at radius 3 is 2.32 bits per heavy atom. The van der Waals surface area contributed by atoms with Crippen LogP contribution in [0.1, 0.15) is 27.7 Å². The second kappa shape index (κ2) is 7.98. The Morgan fingerprint density at radius 1 is 1.00 bits per heavy atom. The van der Waals surface area contributed by atoms with Crippen molar-refractivity contribution in [1.29, 1.82) is 0 Å². The maximum atomic E-state index is 13.6. The predicted octanol–water partition coefficient (Wildman–Crippen LogP) is 4.69. The monoisotopic (exact) mass is 419 g/mol. The molecule has 0 spiro atoms. The molecule has 0 bridgehead atoms. The summed E-state index contributed by atoms with van der Waals surface area (Å²) in [7, 11) is 2.88. The van der Waals surface area contributed by atoms with Crippen molar-refractivity contribution in [2.45, 2.75) is 13.1 Å². The Kier molecular flexibility index (Phi) is 5.21. The predicted molar refractivity (Wildman–Crippen MR) is 117 cm³/mol. The molecule has 3 aromatic carbocycles. The fraction of sp³-hybridized carbons (Fsp3) is 0.174. The maximum absolute atomic E-state index is 13.6. The number of nitrogens with zero attached hydrogens (tertiary/aromatic N) is 2. The van der Waals surface area contributed by atoms with E-state index in [4.69, 9.17) is 9.47 Å². The van der Waals surface area contributed by atoms with Gasteiger partial charge in [-0.15, -0.1) is 0 Å². The summed E-state index contributed by atoms with van der Waals surface area (Å²) in [6.07, 6.45) is -0.830. The van der Waals surface area contributed by atoms with Crippen molar-refractivity contribution in [2.24, 2.45) is 0 Å². The zero-order chi connectivity index (χ0) is 22.1. The molecule has 8 heteroatoms. The van der Waals surface area contributed by atoms with Crippen LogP contribution >= 0.6 is 0 Å². The van der Waals surface area contributed by atoms with Crippen LogP contribution in [0.15, 0.2) is 60.7 Å². The summed E-state index contributed by atoms with van der Waals surface area (Å²) in [6.45, 7) is 1.89. The van der Waals surface area contributed by atoms with Crippen molar-refractivity contribution in [3.05, 3.63) is 87.5 Å². The summed E-state index contributed by atoms with van der Waals surface area (Å²) in [6, 6.07) is 17.4. The highest BCUT2D eigenvalue weighted by molar-refractivity contribution is 6.12. The number of carbonyl (C=O) groups excluding carboxylic acids is 1. The van der Waals surface area contributed by atoms with Crippen LogP contribution in [0.4, 0.5) is 17.1 Å². The van der Waals surface area contributed by atoms with E-state index in [9.17, 15) is 14.9 Å². The number of aryl methyl sites for hydroxylation is 1. The third kappa shape index (κ3) is 3.42. The number of hydrogen-bond donors (Lipinski definition) is 1. The van der Waals surface area contributed by atoms with Gasteiger partial charge in [0.15, 0.2) is 11.5 Å². The van der Waals surface area contributed by atoms with Crippen LogP contribution in [-0.2, 0) is 0 Å². The number of anilines is 2. The van der Waals surface area contributed by atoms with Gasteiger partial charge in [0.2, 0.25) is 0 Å². The van der Waals surface area contributed by atoms with Gasteiger partial charge in [-0.3, -0.25) is 19.8 Å². The quantitative estimate of drug-likeness (QED) is 0.476. The van der Waals surface area contributed by atoms with E-state index >= 15 is 0 Å². The molecule has 1 aliphatic rings. The molecule has 8 nitrogen and oxygen atoms in total. The Bertz CT molecular complexity index is 1180. The largest absolute Gasteiger partial charge is 0.493 e. The van der Waals surface area contributed by atoms with Gasteiger partial charge in [0.1, 0.15) is 6.17 Å². The van der Waals surface area contributed by atoms with Gasteiger partial charge in [0, 0.05) is 11.4 Å². The smallest absolute Gasteiger partial charge is 0.280 e. The normalized spacial score (nSPS) is 15.1. The molecule has 0 radical (unpaired) electrons. The van der Waals surface area contributed by atoms with E-state index in [0.717, 1.165) is 5.56 Å². The number of nitro benzene ring substituents is 1. The first-order valence-electron chi connectivity index (χ1n) is 9.61. The summed E-state index contributed by atoms with van der Waals surface area (Å²) in [5, 5.41) is 15.3. The number of rotatable bonds is 5. The van der Waals surface area contributed by atoms with Crippen molar-refractivity contribution in [2.75, 3.05) is 24.4 Å². The van der Waals surface area contributed by atoms with Gasteiger partial charge in [0.25, 0.3) is 11.6 Å². The van der Waals surface area contributed by atoms with E-state index in [-0.39, 0.29) is 22.9 Å². The topological polar surface area (TPSA) is 93.9 Å². The highest BCUT2D eigenvalue weighted by atomic mass is 16.6. The SMILES string of the molecule is COc1cc(C2Nc3ccccc3C(=O)N2c2ccccc2C)c([N+](=O)[O-])cc1OC.